The summed E-state index contributed by atoms with van der Waals surface area (Å²) in [6, 6.07) is 15.9. The number of anilines is 3. The first-order valence-electron chi connectivity index (χ1n) is 9.66. The van der Waals surface area contributed by atoms with Gasteiger partial charge in [0.05, 0.1) is 0 Å². The molecule has 1 fully saturated rings. The first kappa shape index (κ1) is 19.3. The topological polar surface area (TPSA) is 44.3 Å². The molecule has 1 aliphatic rings. The van der Waals surface area contributed by atoms with Crippen molar-refractivity contribution >= 4 is 17.3 Å². The Kier molecular flexibility index (Phi) is 5.67. The van der Waals surface area contributed by atoms with Gasteiger partial charge in [0.15, 0.2) is 0 Å². The summed E-state index contributed by atoms with van der Waals surface area (Å²) in [5.74, 6) is 0.377. The number of aryl methyl sites for hydroxylation is 1. The zero-order valence-corrected chi connectivity index (χ0v) is 16.3. The minimum atomic E-state index is -0.655. The first-order chi connectivity index (χ1) is 14.1. The summed E-state index contributed by atoms with van der Waals surface area (Å²) in [4.78, 5) is 13.4. The van der Waals surface area contributed by atoms with Crippen LogP contribution in [0.15, 0.2) is 54.6 Å². The predicted octanol–water partition coefficient (Wildman–Crippen LogP) is 4.13. The summed E-state index contributed by atoms with van der Waals surface area (Å²) in [6.07, 6.45) is 0. The van der Waals surface area contributed by atoms with Crippen molar-refractivity contribution in [2.24, 2.45) is 0 Å². The van der Waals surface area contributed by atoms with E-state index in [0.717, 1.165) is 38.5 Å². The van der Waals surface area contributed by atoms with Gasteiger partial charge >= 0.3 is 0 Å². The van der Waals surface area contributed by atoms with Gasteiger partial charge in [-0.15, -0.1) is 0 Å². The van der Waals surface area contributed by atoms with Gasteiger partial charge in [0, 0.05) is 38.8 Å². The molecule has 0 radical (unpaired) electrons. The second-order valence-corrected chi connectivity index (χ2v) is 7.13. The van der Waals surface area contributed by atoms with Crippen molar-refractivity contribution in [2.45, 2.75) is 13.5 Å². The number of halogens is 2. The highest BCUT2D eigenvalue weighted by Gasteiger charge is 2.19. The van der Waals surface area contributed by atoms with Crippen LogP contribution in [0.1, 0.15) is 11.4 Å². The molecule has 1 aromatic heterocycles. The highest BCUT2D eigenvalue weighted by Crippen LogP contribution is 2.25. The third-order valence-corrected chi connectivity index (χ3v) is 4.99. The van der Waals surface area contributed by atoms with Gasteiger partial charge in [-0.2, -0.15) is 0 Å². The predicted molar refractivity (Wildman–Crippen MR) is 110 cm³/mol. The Bertz CT molecular complexity index is 952. The quantitative estimate of drug-likeness (QED) is 0.704. The average molecular weight is 395 g/mol. The number of para-hydroxylation sites is 1. The molecule has 0 amide bonds. The molecule has 29 heavy (non-hydrogen) atoms. The fourth-order valence-corrected chi connectivity index (χ4v) is 3.50. The zero-order valence-electron chi connectivity index (χ0n) is 16.3. The minimum absolute atomic E-state index is 0.204. The summed E-state index contributed by atoms with van der Waals surface area (Å²) in [5, 5.41) is 2.76. The zero-order chi connectivity index (χ0) is 20.2. The molecule has 0 atom stereocenters. The lowest BCUT2D eigenvalue weighted by atomic mass is 10.2. The van der Waals surface area contributed by atoms with Crippen LogP contribution < -0.4 is 10.2 Å². The highest BCUT2D eigenvalue weighted by molar-refractivity contribution is 5.61. The number of rotatable bonds is 5. The summed E-state index contributed by atoms with van der Waals surface area (Å²) in [6.45, 7) is 6.20. The Hall–Kier alpha value is -3.06. The lowest BCUT2D eigenvalue weighted by Gasteiger charge is -2.35. The van der Waals surface area contributed by atoms with Crippen molar-refractivity contribution in [3.05, 3.63) is 77.6 Å². The summed E-state index contributed by atoms with van der Waals surface area (Å²) >= 11 is 0. The third-order valence-electron chi connectivity index (χ3n) is 4.99. The maximum Gasteiger partial charge on any atom is 0.149 e. The van der Waals surface area contributed by atoms with E-state index in [9.17, 15) is 8.78 Å². The van der Waals surface area contributed by atoms with Gasteiger partial charge in [-0.3, -0.25) is 4.90 Å². The normalized spacial score (nSPS) is 14.8. The Morgan fingerprint density at radius 3 is 2.28 bits per heavy atom. The van der Waals surface area contributed by atoms with Gasteiger partial charge in [-0.05, 0) is 24.6 Å². The van der Waals surface area contributed by atoms with Crippen molar-refractivity contribution in [1.82, 2.24) is 14.9 Å². The van der Waals surface area contributed by atoms with E-state index >= 15 is 0 Å². The molecular formula is C22H23F2N5. The summed E-state index contributed by atoms with van der Waals surface area (Å²) in [5.41, 5.74) is 1.10. The van der Waals surface area contributed by atoms with Gasteiger partial charge in [-0.1, -0.05) is 36.4 Å². The molecule has 1 N–H and O–H groups in total. The fourth-order valence-electron chi connectivity index (χ4n) is 3.50. The fraction of sp³-hybridized carbons (Fsp3) is 0.273. The smallest absolute Gasteiger partial charge is 0.149 e. The van der Waals surface area contributed by atoms with Crippen LogP contribution in [0, 0.1) is 18.6 Å². The summed E-state index contributed by atoms with van der Waals surface area (Å²) < 4.78 is 27.9. The second-order valence-electron chi connectivity index (χ2n) is 7.13. The summed E-state index contributed by atoms with van der Waals surface area (Å²) in [7, 11) is 0. The van der Waals surface area contributed by atoms with Crippen molar-refractivity contribution in [3.8, 4) is 0 Å². The number of benzene rings is 2. The molecule has 0 saturated carbocycles. The Labute approximate surface area is 169 Å². The molecule has 2 heterocycles. The van der Waals surface area contributed by atoms with Gasteiger partial charge in [0.2, 0.25) is 0 Å². The van der Waals surface area contributed by atoms with Crippen LogP contribution in [0.4, 0.5) is 26.1 Å². The molecule has 0 bridgehead atoms. The highest BCUT2D eigenvalue weighted by atomic mass is 19.1. The molecular weight excluding hydrogens is 372 g/mol. The van der Waals surface area contributed by atoms with Gasteiger partial charge in [0.25, 0.3) is 0 Å². The van der Waals surface area contributed by atoms with E-state index in [1.165, 1.54) is 23.8 Å². The molecule has 1 saturated heterocycles. The molecule has 4 rings (SSSR count). The largest absolute Gasteiger partial charge is 0.354 e. The lowest BCUT2D eigenvalue weighted by molar-refractivity contribution is 0.249. The van der Waals surface area contributed by atoms with Crippen molar-refractivity contribution in [1.29, 1.82) is 0 Å². The van der Waals surface area contributed by atoms with Gasteiger partial charge in [0.1, 0.15) is 34.8 Å². The van der Waals surface area contributed by atoms with E-state index < -0.39 is 11.6 Å². The lowest BCUT2D eigenvalue weighted by Crippen LogP contribution is -2.46. The number of hydrogen-bond donors (Lipinski definition) is 1. The van der Waals surface area contributed by atoms with E-state index in [4.69, 9.17) is 0 Å². The molecule has 5 nitrogen and oxygen atoms in total. The molecule has 150 valence electrons. The molecule has 3 aromatic rings. The molecule has 0 aliphatic carbocycles. The van der Waals surface area contributed by atoms with Gasteiger partial charge in [-0.25, -0.2) is 18.7 Å². The van der Waals surface area contributed by atoms with Crippen molar-refractivity contribution < 1.29 is 8.78 Å². The Morgan fingerprint density at radius 2 is 1.59 bits per heavy atom. The van der Waals surface area contributed by atoms with Crippen LogP contribution in [0.25, 0.3) is 0 Å². The van der Waals surface area contributed by atoms with Crippen LogP contribution in [-0.4, -0.2) is 41.0 Å². The monoisotopic (exact) mass is 395 g/mol. The Morgan fingerprint density at radius 1 is 0.897 bits per heavy atom. The van der Waals surface area contributed by atoms with Crippen LogP contribution in [0.3, 0.4) is 0 Å². The third kappa shape index (κ3) is 4.68. The van der Waals surface area contributed by atoms with Crippen molar-refractivity contribution in [3.63, 3.8) is 0 Å². The molecule has 0 spiro atoms. The molecule has 2 aromatic carbocycles. The Balaban J connectivity index is 1.44. The molecule has 7 heteroatoms. The van der Waals surface area contributed by atoms with Gasteiger partial charge < -0.3 is 10.2 Å². The number of hydrogen-bond acceptors (Lipinski definition) is 5. The second kappa shape index (κ2) is 8.53. The number of aromatic nitrogens is 2. The number of nitrogens with zero attached hydrogens (tertiary/aromatic N) is 4. The van der Waals surface area contributed by atoms with E-state index in [1.807, 2.05) is 6.07 Å². The minimum Gasteiger partial charge on any atom is -0.354 e. The molecule has 0 unspecified atom stereocenters. The average Bonchev–Trinajstić information content (AvgIpc) is 2.72. The number of piperazine rings is 1. The van der Waals surface area contributed by atoms with Crippen LogP contribution in [0.5, 0.6) is 0 Å². The first-order valence-corrected chi connectivity index (χ1v) is 9.66. The molecule has 1 aliphatic heterocycles. The van der Waals surface area contributed by atoms with E-state index in [0.29, 0.717) is 11.6 Å². The van der Waals surface area contributed by atoms with E-state index in [2.05, 4.69) is 49.4 Å². The maximum absolute atomic E-state index is 14.0. The van der Waals surface area contributed by atoms with Crippen LogP contribution in [0.2, 0.25) is 0 Å². The maximum atomic E-state index is 14.0. The van der Waals surface area contributed by atoms with Crippen LogP contribution >= 0.6 is 0 Å². The van der Waals surface area contributed by atoms with Crippen molar-refractivity contribution in [2.75, 3.05) is 36.4 Å². The SMILES string of the molecule is Cc1nc(Nc2c(F)cccc2F)cc(N2CCN(Cc3ccccc3)CC2)n1. The van der Waals surface area contributed by atoms with Crippen LogP contribution in [-0.2, 0) is 6.54 Å². The van der Waals surface area contributed by atoms with E-state index in [1.54, 1.807) is 13.0 Å². The number of nitrogens with one attached hydrogen (secondary N) is 1. The van der Waals surface area contributed by atoms with E-state index in [-0.39, 0.29) is 5.69 Å². The standard InChI is InChI=1S/C22H23F2N5/c1-16-25-20(27-22-18(23)8-5-9-19(22)24)14-21(26-16)29-12-10-28(11-13-29)15-17-6-3-2-4-7-17/h2-9,14H,10-13,15H2,1H3,(H,25,26,27).